The van der Waals surface area contributed by atoms with E-state index in [0.29, 0.717) is 16.3 Å². The molecule has 2 aromatic rings. The first-order valence-corrected chi connectivity index (χ1v) is 5.47. The Morgan fingerprint density at radius 2 is 2.18 bits per heavy atom. The van der Waals surface area contributed by atoms with Crippen LogP contribution in [0, 0.1) is 0 Å². The van der Waals surface area contributed by atoms with Crippen molar-refractivity contribution in [1.29, 1.82) is 0 Å². The molecule has 0 saturated heterocycles. The molecule has 0 spiro atoms. The van der Waals surface area contributed by atoms with Gasteiger partial charge in [0.2, 0.25) is 0 Å². The lowest BCUT2D eigenvalue weighted by Gasteiger charge is -2.19. The van der Waals surface area contributed by atoms with Gasteiger partial charge >= 0.3 is 6.09 Å². The lowest BCUT2D eigenvalue weighted by atomic mass is 10.2. The normalized spacial score (nSPS) is 11.8. The smallest absolute Gasteiger partial charge is 0.420 e. The zero-order chi connectivity index (χ0) is 12.6. The third kappa shape index (κ3) is 2.55. The lowest BCUT2D eigenvalue weighted by molar-refractivity contribution is 0.0543. The maximum atomic E-state index is 11.9. The van der Waals surface area contributed by atoms with Crippen LogP contribution in [0.25, 0.3) is 11.2 Å². The Morgan fingerprint density at radius 3 is 2.82 bits per heavy atom. The molecule has 2 rings (SSSR count). The van der Waals surface area contributed by atoms with Crippen molar-refractivity contribution in [3.05, 3.63) is 23.6 Å². The van der Waals surface area contributed by atoms with Crippen molar-refractivity contribution in [3.8, 4) is 0 Å². The van der Waals surface area contributed by atoms with Crippen LogP contribution in [-0.4, -0.2) is 26.2 Å². The average molecular weight is 254 g/mol. The van der Waals surface area contributed by atoms with Crippen molar-refractivity contribution >= 4 is 28.9 Å². The summed E-state index contributed by atoms with van der Waals surface area (Å²) < 4.78 is 6.55. The third-order valence-corrected chi connectivity index (χ3v) is 2.13. The summed E-state index contributed by atoms with van der Waals surface area (Å²) in [6.07, 6.45) is 2.48. The molecule has 0 radical (unpaired) electrons. The fourth-order valence-electron chi connectivity index (χ4n) is 1.35. The number of halogens is 1. The highest BCUT2D eigenvalue weighted by atomic mass is 35.5. The van der Waals surface area contributed by atoms with Gasteiger partial charge in [-0.25, -0.2) is 19.3 Å². The largest absolute Gasteiger partial charge is 0.443 e. The van der Waals surface area contributed by atoms with Gasteiger partial charge in [-0.3, -0.25) is 0 Å². The monoisotopic (exact) mass is 253 g/mol. The van der Waals surface area contributed by atoms with Crippen molar-refractivity contribution < 1.29 is 9.53 Å². The molecule has 0 aliphatic rings. The predicted octanol–water partition coefficient (Wildman–Crippen LogP) is 2.87. The molecule has 2 heterocycles. The number of carbonyl (C=O) groups excluding carboxylic acids is 1. The lowest BCUT2D eigenvalue weighted by Crippen LogP contribution is -2.26. The molecule has 2 aromatic heterocycles. The van der Waals surface area contributed by atoms with E-state index in [0.717, 1.165) is 0 Å². The molecular weight excluding hydrogens is 242 g/mol. The number of hydrogen-bond donors (Lipinski definition) is 0. The molecule has 0 aliphatic carbocycles. The summed E-state index contributed by atoms with van der Waals surface area (Å²) in [4.78, 5) is 20.0. The van der Waals surface area contributed by atoms with Crippen LogP contribution < -0.4 is 0 Å². The van der Waals surface area contributed by atoms with E-state index in [1.54, 1.807) is 33.0 Å². The number of hydrogen-bond acceptors (Lipinski definition) is 4. The summed E-state index contributed by atoms with van der Waals surface area (Å²) in [6.45, 7) is 5.41. The van der Waals surface area contributed by atoms with Gasteiger partial charge in [-0.1, -0.05) is 11.6 Å². The second kappa shape index (κ2) is 4.00. The van der Waals surface area contributed by atoms with Gasteiger partial charge in [0.1, 0.15) is 16.3 Å². The van der Waals surface area contributed by atoms with Crippen LogP contribution in [0.5, 0.6) is 0 Å². The third-order valence-electron chi connectivity index (χ3n) is 1.95. The van der Waals surface area contributed by atoms with Crippen LogP contribution in [0.3, 0.4) is 0 Å². The summed E-state index contributed by atoms with van der Waals surface area (Å²) in [5.74, 6) is 0. The van der Waals surface area contributed by atoms with Crippen molar-refractivity contribution in [1.82, 2.24) is 14.5 Å². The topological polar surface area (TPSA) is 57.0 Å². The molecule has 0 bridgehead atoms. The highest BCUT2D eigenvalue weighted by molar-refractivity contribution is 6.29. The van der Waals surface area contributed by atoms with Crippen LogP contribution in [0.4, 0.5) is 4.79 Å². The molecule has 17 heavy (non-hydrogen) atoms. The van der Waals surface area contributed by atoms with Crippen LogP contribution in [0.2, 0.25) is 5.15 Å². The second-order valence-corrected chi connectivity index (χ2v) is 4.95. The highest BCUT2D eigenvalue weighted by Crippen LogP contribution is 2.16. The van der Waals surface area contributed by atoms with E-state index in [-0.39, 0.29) is 0 Å². The van der Waals surface area contributed by atoms with Crippen LogP contribution >= 0.6 is 11.6 Å². The Hall–Kier alpha value is -1.62. The Balaban J connectivity index is 2.40. The molecule has 90 valence electrons. The molecule has 0 fully saturated rings. The standard InChI is InChI=1S/C11H12ClN3O2/c1-11(2,3)17-10(16)15-5-4-7-9(15)13-6-8(12)14-7/h4-6H,1-3H3. The molecule has 0 atom stereocenters. The second-order valence-electron chi connectivity index (χ2n) is 4.57. The summed E-state index contributed by atoms with van der Waals surface area (Å²) in [5.41, 5.74) is 0.445. The number of ether oxygens (including phenoxy) is 1. The molecule has 0 aliphatic heterocycles. The van der Waals surface area contributed by atoms with Gasteiger partial charge in [-0.15, -0.1) is 0 Å². The van der Waals surface area contributed by atoms with Gasteiger partial charge in [0.05, 0.1) is 6.20 Å². The molecule has 0 amide bonds. The highest BCUT2D eigenvalue weighted by Gasteiger charge is 2.19. The van der Waals surface area contributed by atoms with Gasteiger partial charge in [-0.05, 0) is 26.8 Å². The van der Waals surface area contributed by atoms with Crippen LogP contribution in [0.15, 0.2) is 18.5 Å². The summed E-state index contributed by atoms with van der Waals surface area (Å²) in [7, 11) is 0. The van der Waals surface area contributed by atoms with Crippen molar-refractivity contribution in [2.75, 3.05) is 0 Å². The number of nitrogens with zero attached hydrogens (tertiary/aromatic N) is 3. The number of rotatable bonds is 0. The Kier molecular flexibility index (Phi) is 2.79. The first kappa shape index (κ1) is 11.9. The first-order valence-electron chi connectivity index (χ1n) is 5.10. The molecule has 0 saturated carbocycles. The summed E-state index contributed by atoms with van der Waals surface area (Å²) in [6, 6.07) is 1.66. The fourth-order valence-corrected chi connectivity index (χ4v) is 1.49. The minimum atomic E-state index is -0.548. The van der Waals surface area contributed by atoms with Crippen LogP contribution in [0.1, 0.15) is 20.8 Å². The fraction of sp³-hybridized carbons (Fsp3) is 0.364. The van der Waals surface area contributed by atoms with E-state index in [4.69, 9.17) is 16.3 Å². The number of fused-ring (bicyclic) bond motifs is 1. The molecule has 0 unspecified atom stereocenters. The SMILES string of the molecule is CC(C)(C)OC(=O)n1ccc2nc(Cl)cnc21. The maximum Gasteiger partial charge on any atom is 0.420 e. The molecule has 0 N–H and O–H groups in total. The van der Waals surface area contributed by atoms with E-state index in [2.05, 4.69) is 9.97 Å². The minimum Gasteiger partial charge on any atom is -0.443 e. The minimum absolute atomic E-state index is 0.291. The van der Waals surface area contributed by atoms with Crippen molar-refractivity contribution in [2.45, 2.75) is 26.4 Å². The predicted molar refractivity (Wildman–Crippen MR) is 64.2 cm³/mol. The van der Waals surface area contributed by atoms with Gasteiger partial charge < -0.3 is 4.74 Å². The quantitative estimate of drug-likeness (QED) is 0.724. The van der Waals surface area contributed by atoms with E-state index in [1.165, 1.54) is 10.8 Å². The first-order chi connectivity index (χ1) is 7.87. The van der Waals surface area contributed by atoms with E-state index in [9.17, 15) is 4.79 Å². The molecular formula is C11H12ClN3O2. The van der Waals surface area contributed by atoms with E-state index >= 15 is 0 Å². The van der Waals surface area contributed by atoms with Gasteiger partial charge in [0.25, 0.3) is 0 Å². The zero-order valence-electron chi connectivity index (χ0n) is 9.77. The van der Waals surface area contributed by atoms with E-state index < -0.39 is 11.7 Å². The Morgan fingerprint density at radius 1 is 1.47 bits per heavy atom. The van der Waals surface area contributed by atoms with Crippen molar-refractivity contribution in [2.24, 2.45) is 0 Å². The maximum absolute atomic E-state index is 11.9. The number of aromatic nitrogens is 3. The summed E-state index contributed by atoms with van der Waals surface area (Å²) >= 11 is 5.71. The summed E-state index contributed by atoms with van der Waals surface area (Å²) in [5, 5.41) is 0.291. The number of carbonyl (C=O) groups is 1. The molecule has 0 aromatic carbocycles. The van der Waals surface area contributed by atoms with E-state index in [1.807, 2.05) is 0 Å². The Bertz CT molecular complexity index is 572. The average Bonchev–Trinajstić information content (AvgIpc) is 2.57. The van der Waals surface area contributed by atoms with Crippen molar-refractivity contribution in [3.63, 3.8) is 0 Å². The van der Waals surface area contributed by atoms with Gasteiger partial charge in [-0.2, -0.15) is 0 Å². The Labute approximate surface area is 103 Å². The zero-order valence-corrected chi connectivity index (χ0v) is 10.5. The molecule has 5 nitrogen and oxygen atoms in total. The van der Waals surface area contributed by atoms with Gasteiger partial charge in [0.15, 0.2) is 5.65 Å². The van der Waals surface area contributed by atoms with Crippen LogP contribution in [-0.2, 0) is 4.74 Å². The van der Waals surface area contributed by atoms with Gasteiger partial charge in [0, 0.05) is 6.20 Å². The molecule has 6 heteroatoms.